The maximum Gasteiger partial charge on any atom is 0.316 e. The largest absolute Gasteiger partial charge is 0.481 e. The number of aliphatic hydroxyl groups is 1. The number of Topliss-reactive ketones (excluding diaryl/α,β-unsaturated/α-hetero) is 1. The molecule has 1 aromatic heterocycles. The summed E-state index contributed by atoms with van der Waals surface area (Å²) in [6, 6.07) is 3.96. The smallest absolute Gasteiger partial charge is 0.316 e. The molecule has 3 saturated carbocycles. The Morgan fingerprint density at radius 3 is 2.54 bits per heavy atom. The predicted molar refractivity (Wildman–Crippen MR) is 158 cm³/mol. The molecule has 1 heterocycles. The molecule has 0 saturated heterocycles. The summed E-state index contributed by atoms with van der Waals surface area (Å²) < 4.78 is 8.41. The van der Waals surface area contributed by atoms with Crippen molar-refractivity contribution in [2.45, 2.75) is 109 Å². The van der Waals surface area contributed by atoms with Crippen molar-refractivity contribution in [2.75, 3.05) is 5.75 Å². The van der Waals surface area contributed by atoms with Crippen molar-refractivity contribution in [1.29, 1.82) is 0 Å². The van der Waals surface area contributed by atoms with Crippen LogP contribution in [0.1, 0.15) is 85.5 Å². The SMILES string of the molecule is C=C[C@]1(C)C[C@@H](OC(=O)CSc2cc[n+](CCCCCC(=O)O)cc2)[C@]2(C)[C@H](C)CC[C@]3(CCC(=O)[C@H]32)[C@@H](C)[C@@H]1O. The van der Waals surface area contributed by atoms with Crippen molar-refractivity contribution >= 4 is 29.5 Å². The number of aryl methyl sites for hydroxylation is 1. The van der Waals surface area contributed by atoms with Gasteiger partial charge in [-0.1, -0.05) is 33.8 Å². The molecule has 0 aliphatic heterocycles. The molecule has 3 aliphatic carbocycles. The number of unbranched alkanes of at least 4 members (excludes halogenated alkanes) is 2. The standard InChI is InChI=1S/C33H47NO6S/c1-6-31(4)20-26(32(5)22(2)11-15-33(23(3)30(31)39)16-12-25(35)29(32)33)40-28(38)21-41-24-13-18-34(19-14-24)17-9-7-8-10-27(36)37/h6,13-14,18-19,22-23,26,29-30,39H,1,7-12,15-17,20-21H2,2-5H3/p+1/t22-,23+,26-,29+,30+,31-,32+,33+/m1/s1. The minimum absolute atomic E-state index is 0.0495. The van der Waals surface area contributed by atoms with Crippen LogP contribution in [0.3, 0.4) is 0 Å². The predicted octanol–water partition coefficient (Wildman–Crippen LogP) is 5.62. The van der Waals surface area contributed by atoms with Gasteiger partial charge in [-0.15, -0.1) is 18.3 Å². The topological polar surface area (TPSA) is 105 Å². The first-order valence-corrected chi connectivity index (χ1v) is 16.2. The lowest BCUT2D eigenvalue weighted by molar-refractivity contribution is -0.697. The summed E-state index contributed by atoms with van der Waals surface area (Å²) in [6.07, 6.45) is 10.9. The highest BCUT2D eigenvalue weighted by Crippen LogP contribution is 2.68. The minimum Gasteiger partial charge on any atom is -0.481 e. The van der Waals surface area contributed by atoms with Crippen LogP contribution in [0, 0.1) is 34.0 Å². The van der Waals surface area contributed by atoms with Crippen LogP contribution >= 0.6 is 11.8 Å². The zero-order chi connectivity index (χ0) is 30.0. The van der Waals surface area contributed by atoms with Crippen molar-refractivity contribution in [2.24, 2.45) is 34.0 Å². The first kappa shape index (κ1) is 31.7. The first-order valence-electron chi connectivity index (χ1n) is 15.2. The van der Waals surface area contributed by atoms with Gasteiger partial charge >= 0.3 is 11.9 Å². The Bertz CT molecular complexity index is 1140. The number of hydrogen-bond donors (Lipinski definition) is 2. The zero-order valence-electron chi connectivity index (χ0n) is 25.1. The van der Waals surface area contributed by atoms with Gasteiger partial charge in [0, 0.05) is 53.0 Å². The number of aromatic nitrogens is 1. The van der Waals surface area contributed by atoms with Crippen LogP contribution in [0.2, 0.25) is 0 Å². The quantitative estimate of drug-likeness (QED) is 0.114. The molecule has 2 bridgehead atoms. The molecular weight excluding hydrogens is 538 g/mol. The third-order valence-electron chi connectivity index (χ3n) is 11.1. The number of ketones is 1. The molecule has 3 fully saturated rings. The summed E-state index contributed by atoms with van der Waals surface area (Å²) in [5.41, 5.74) is -1.43. The van der Waals surface area contributed by atoms with Gasteiger partial charge in [0.1, 0.15) is 18.4 Å². The monoisotopic (exact) mass is 586 g/mol. The van der Waals surface area contributed by atoms with Crippen LogP contribution in [0.25, 0.3) is 0 Å². The van der Waals surface area contributed by atoms with Crippen LogP contribution in [0.5, 0.6) is 0 Å². The summed E-state index contributed by atoms with van der Waals surface area (Å²) in [5, 5.41) is 20.4. The molecule has 2 N–H and O–H groups in total. The van der Waals surface area contributed by atoms with Crippen molar-refractivity contribution in [3.63, 3.8) is 0 Å². The maximum atomic E-state index is 13.5. The fraction of sp³-hybridized carbons (Fsp3) is 0.697. The third kappa shape index (κ3) is 6.15. The number of aliphatic carboxylic acids is 1. The number of nitrogens with zero attached hydrogens (tertiary/aromatic N) is 1. The molecular formula is C33H48NO6S+. The average Bonchev–Trinajstić information content (AvgIpc) is 3.30. The summed E-state index contributed by atoms with van der Waals surface area (Å²) in [4.78, 5) is 38.5. The van der Waals surface area contributed by atoms with Crippen molar-refractivity contribution in [3.05, 3.63) is 37.2 Å². The van der Waals surface area contributed by atoms with E-state index >= 15 is 0 Å². The van der Waals surface area contributed by atoms with E-state index in [4.69, 9.17) is 9.84 Å². The zero-order valence-corrected chi connectivity index (χ0v) is 26.0. The van der Waals surface area contributed by atoms with Gasteiger partial charge in [0.25, 0.3) is 0 Å². The average molecular weight is 587 g/mol. The molecule has 8 heteroatoms. The lowest BCUT2D eigenvalue weighted by Crippen LogP contribution is -2.63. The Morgan fingerprint density at radius 2 is 1.88 bits per heavy atom. The third-order valence-corrected chi connectivity index (χ3v) is 12.1. The van der Waals surface area contributed by atoms with Crippen molar-refractivity contribution in [3.8, 4) is 0 Å². The highest BCUT2D eigenvalue weighted by molar-refractivity contribution is 8.00. The minimum atomic E-state index is -0.753. The molecule has 226 valence electrons. The van der Waals surface area contributed by atoms with E-state index in [0.717, 1.165) is 43.5 Å². The second kappa shape index (κ2) is 12.6. The second-order valence-corrected chi connectivity index (χ2v) is 14.4. The van der Waals surface area contributed by atoms with Crippen molar-refractivity contribution < 1.29 is 33.9 Å². The van der Waals surface area contributed by atoms with Gasteiger partial charge < -0.3 is 14.9 Å². The molecule has 1 aromatic rings. The molecule has 8 atom stereocenters. The van der Waals surface area contributed by atoms with Gasteiger partial charge in [0.15, 0.2) is 12.4 Å². The summed E-state index contributed by atoms with van der Waals surface area (Å²) in [7, 11) is 0. The number of thioether (sulfide) groups is 1. The number of carboxylic acids is 1. The van der Waals surface area contributed by atoms with Gasteiger partial charge in [-0.2, -0.15) is 0 Å². The molecule has 0 unspecified atom stereocenters. The molecule has 4 rings (SSSR count). The van der Waals surface area contributed by atoms with E-state index in [9.17, 15) is 19.5 Å². The number of pyridine rings is 1. The fourth-order valence-electron chi connectivity index (χ4n) is 8.27. The van der Waals surface area contributed by atoms with Crippen LogP contribution in [0.4, 0.5) is 0 Å². The molecule has 0 amide bonds. The lowest BCUT2D eigenvalue weighted by Gasteiger charge is -2.61. The van der Waals surface area contributed by atoms with Gasteiger partial charge in [0.05, 0.1) is 11.9 Å². The second-order valence-electron chi connectivity index (χ2n) is 13.3. The van der Waals surface area contributed by atoms with Crippen LogP contribution in [-0.2, 0) is 25.7 Å². The number of carboxylic acid groups (broad SMARTS) is 1. The van der Waals surface area contributed by atoms with E-state index in [1.54, 1.807) is 0 Å². The number of hydrogen-bond acceptors (Lipinski definition) is 6. The first-order chi connectivity index (χ1) is 19.4. The Labute approximate surface area is 249 Å². The van der Waals surface area contributed by atoms with Crippen LogP contribution in [-0.4, -0.2) is 45.9 Å². The van der Waals surface area contributed by atoms with Gasteiger partial charge in [0.2, 0.25) is 0 Å². The van der Waals surface area contributed by atoms with Crippen molar-refractivity contribution in [1.82, 2.24) is 0 Å². The summed E-state index contributed by atoms with van der Waals surface area (Å²) >= 11 is 1.43. The van der Waals surface area contributed by atoms with Gasteiger partial charge in [-0.05, 0) is 55.8 Å². The number of aliphatic hydroxyl groups excluding tert-OH is 1. The maximum absolute atomic E-state index is 13.5. The molecule has 0 aromatic carbocycles. The van der Waals surface area contributed by atoms with Gasteiger partial charge in [-0.25, -0.2) is 4.57 Å². The summed E-state index contributed by atoms with van der Waals surface area (Å²) in [6.45, 7) is 13.4. The summed E-state index contributed by atoms with van der Waals surface area (Å²) in [5.74, 6) is -0.707. The van der Waals surface area contributed by atoms with Gasteiger partial charge in [-0.3, -0.25) is 14.4 Å². The number of esters is 1. The normalized spacial score (nSPS) is 36.6. The number of ether oxygens (including phenoxy) is 1. The highest BCUT2D eigenvalue weighted by Gasteiger charge is 2.68. The Balaban J connectivity index is 1.46. The highest BCUT2D eigenvalue weighted by atomic mass is 32.2. The van der Waals surface area contributed by atoms with E-state index in [0.29, 0.717) is 19.3 Å². The lowest BCUT2D eigenvalue weighted by atomic mass is 9.44. The number of carbonyl (C=O) groups excluding carboxylic acids is 2. The van der Waals surface area contributed by atoms with E-state index in [-0.39, 0.29) is 47.1 Å². The number of rotatable bonds is 11. The van der Waals surface area contributed by atoms with E-state index in [1.165, 1.54) is 11.8 Å². The molecule has 7 nitrogen and oxygen atoms in total. The van der Waals surface area contributed by atoms with E-state index in [1.807, 2.05) is 37.5 Å². The van der Waals surface area contributed by atoms with E-state index in [2.05, 4.69) is 31.9 Å². The molecule has 0 radical (unpaired) electrons. The molecule has 3 aliphatic rings. The molecule has 0 spiro atoms. The van der Waals surface area contributed by atoms with Crippen LogP contribution < -0.4 is 4.57 Å². The van der Waals surface area contributed by atoms with E-state index < -0.39 is 29.0 Å². The Morgan fingerprint density at radius 1 is 1.17 bits per heavy atom. The fourth-order valence-corrected chi connectivity index (χ4v) is 8.94. The number of carbonyl (C=O) groups is 3. The van der Waals surface area contributed by atoms with Crippen LogP contribution in [0.15, 0.2) is 42.1 Å². The Hall–Kier alpha value is -2.19. The molecule has 41 heavy (non-hydrogen) atoms. The Kier molecular flexibility index (Phi) is 9.74.